The minimum absolute atomic E-state index is 0.347. The van der Waals surface area contributed by atoms with E-state index < -0.39 is 6.16 Å². The van der Waals surface area contributed by atoms with E-state index in [0.717, 1.165) is 11.1 Å². The van der Waals surface area contributed by atoms with Crippen LogP contribution in [0.2, 0.25) is 0 Å². The van der Waals surface area contributed by atoms with E-state index in [9.17, 15) is 4.79 Å². The van der Waals surface area contributed by atoms with Crippen LogP contribution in [-0.4, -0.2) is 38.0 Å². The number of carbonyl (C=O) groups is 1. The molecular formula is C18H16N6O3. The summed E-state index contributed by atoms with van der Waals surface area (Å²) in [5.41, 5.74) is 9.93. The molecule has 1 aromatic carbocycles. The van der Waals surface area contributed by atoms with E-state index in [1.807, 2.05) is 19.3 Å². The fraction of sp³-hybridized carbons (Fsp3) is 0.111. The number of nitrogen functional groups attached to an aromatic ring is 1. The first kappa shape index (κ1) is 16.6. The predicted octanol–water partition coefficient (Wildman–Crippen LogP) is 2.75. The number of anilines is 1. The van der Waals surface area contributed by atoms with Crippen molar-refractivity contribution in [1.82, 2.24) is 24.7 Å². The number of aromatic nitrogens is 5. The third kappa shape index (κ3) is 3.17. The van der Waals surface area contributed by atoms with Gasteiger partial charge in [0.2, 0.25) is 0 Å². The normalized spacial score (nSPS) is 10.9. The fourth-order valence-corrected chi connectivity index (χ4v) is 2.71. The van der Waals surface area contributed by atoms with Gasteiger partial charge in [-0.25, -0.2) is 14.8 Å². The Balaban J connectivity index is 1.74. The molecule has 9 heteroatoms. The van der Waals surface area contributed by atoms with E-state index in [4.69, 9.17) is 10.5 Å². The number of fused-ring (bicyclic) bond motifs is 1. The van der Waals surface area contributed by atoms with Gasteiger partial charge in [-0.1, -0.05) is 0 Å². The first-order valence-electron chi connectivity index (χ1n) is 8.04. The van der Waals surface area contributed by atoms with Crippen LogP contribution in [0.5, 0.6) is 5.75 Å². The molecule has 136 valence electrons. The molecular weight excluding hydrogens is 348 g/mol. The summed E-state index contributed by atoms with van der Waals surface area (Å²) in [6.45, 7) is 0. The monoisotopic (exact) mass is 364 g/mol. The summed E-state index contributed by atoms with van der Waals surface area (Å²) in [5, 5.41) is 4.18. The van der Waals surface area contributed by atoms with Crippen molar-refractivity contribution in [3.05, 3.63) is 42.9 Å². The SMILES string of the molecule is COC(=O)Oc1ccc2nc(-c3cc(-c4cnn(C)c4)cnc3N)[nH]c2c1. The summed E-state index contributed by atoms with van der Waals surface area (Å²) in [4.78, 5) is 23.3. The summed E-state index contributed by atoms with van der Waals surface area (Å²) in [6.07, 6.45) is 4.56. The zero-order valence-corrected chi connectivity index (χ0v) is 14.6. The van der Waals surface area contributed by atoms with E-state index >= 15 is 0 Å². The summed E-state index contributed by atoms with van der Waals surface area (Å²) >= 11 is 0. The van der Waals surface area contributed by atoms with Gasteiger partial charge in [-0.3, -0.25) is 4.68 Å². The highest BCUT2D eigenvalue weighted by atomic mass is 16.7. The summed E-state index contributed by atoms with van der Waals surface area (Å²) in [6, 6.07) is 6.94. The van der Waals surface area contributed by atoms with Crippen LogP contribution in [0.15, 0.2) is 42.9 Å². The second kappa shape index (κ2) is 6.45. The number of aromatic amines is 1. The maximum atomic E-state index is 11.3. The Labute approximate surface area is 153 Å². The number of H-pyrrole nitrogens is 1. The Hall–Kier alpha value is -3.88. The van der Waals surface area contributed by atoms with E-state index in [-0.39, 0.29) is 0 Å². The van der Waals surface area contributed by atoms with Gasteiger partial charge in [-0.2, -0.15) is 5.10 Å². The van der Waals surface area contributed by atoms with Gasteiger partial charge >= 0.3 is 6.16 Å². The lowest BCUT2D eigenvalue weighted by Crippen LogP contribution is -2.06. The molecule has 4 rings (SSSR count). The second-order valence-corrected chi connectivity index (χ2v) is 5.88. The average Bonchev–Trinajstić information content (AvgIpc) is 3.27. The Morgan fingerprint density at radius 1 is 1.22 bits per heavy atom. The third-order valence-electron chi connectivity index (χ3n) is 4.03. The Kier molecular flexibility index (Phi) is 3.96. The van der Waals surface area contributed by atoms with Gasteiger partial charge in [-0.15, -0.1) is 0 Å². The van der Waals surface area contributed by atoms with E-state index in [0.29, 0.717) is 34.0 Å². The van der Waals surface area contributed by atoms with Crippen LogP contribution in [0.1, 0.15) is 0 Å². The number of methoxy groups -OCH3 is 1. The van der Waals surface area contributed by atoms with Crippen molar-refractivity contribution >= 4 is 23.0 Å². The fourth-order valence-electron chi connectivity index (χ4n) is 2.71. The first-order chi connectivity index (χ1) is 13.0. The molecule has 0 radical (unpaired) electrons. The number of carbonyl (C=O) groups excluding carboxylic acids is 1. The van der Waals surface area contributed by atoms with Crippen LogP contribution in [0.25, 0.3) is 33.5 Å². The molecule has 0 aliphatic heterocycles. The Morgan fingerprint density at radius 2 is 2.07 bits per heavy atom. The maximum Gasteiger partial charge on any atom is 0.513 e. The lowest BCUT2D eigenvalue weighted by molar-refractivity contribution is 0.121. The van der Waals surface area contributed by atoms with Crippen molar-refractivity contribution in [2.24, 2.45) is 7.05 Å². The molecule has 0 saturated carbocycles. The van der Waals surface area contributed by atoms with Crippen molar-refractivity contribution in [3.8, 4) is 28.3 Å². The number of ether oxygens (including phenoxy) is 2. The zero-order valence-electron chi connectivity index (χ0n) is 14.6. The summed E-state index contributed by atoms with van der Waals surface area (Å²) in [7, 11) is 3.10. The summed E-state index contributed by atoms with van der Waals surface area (Å²) < 4.78 is 11.2. The minimum Gasteiger partial charge on any atom is -0.437 e. The standard InChI is InChI=1S/C18H16N6O3/c1-24-9-11(8-21-24)10-5-13(16(19)20-7-10)17-22-14-4-3-12(6-15(14)23-17)27-18(25)26-2/h3-9H,1-2H3,(H2,19,20)(H,22,23). The molecule has 9 nitrogen and oxygen atoms in total. The predicted molar refractivity (Wildman–Crippen MR) is 99.0 cm³/mol. The van der Waals surface area contributed by atoms with Gasteiger partial charge in [0.1, 0.15) is 17.4 Å². The van der Waals surface area contributed by atoms with Crippen molar-refractivity contribution < 1.29 is 14.3 Å². The highest BCUT2D eigenvalue weighted by molar-refractivity contribution is 5.84. The highest BCUT2D eigenvalue weighted by Gasteiger charge is 2.13. The lowest BCUT2D eigenvalue weighted by Gasteiger charge is -2.04. The van der Waals surface area contributed by atoms with Crippen LogP contribution in [-0.2, 0) is 11.8 Å². The number of nitrogens with one attached hydrogen (secondary N) is 1. The van der Waals surface area contributed by atoms with E-state index in [2.05, 4.69) is 24.8 Å². The number of hydrogen-bond acceptors (Lipinski definition) is 7. The van der Waals surface area contributed by atoms with Gasteiger partial charge in [-0.05, 0) is 18.2 Å². The van der Waals surface area contributed by atoms with Crippen LogP contribution >= 0.6 is 0 Å². The molecule has 0 unspecified atom stereocenters. The number of nitrogens with two attached hydrogens (primary N) is 1. The average molecular weight is 364 g/mol. The van der Waals surface area contributed by atoms with Gasteiger partial charge in [0, 0.05) is 36.6 Å². The van der Waals surface area contributed by atoms with Crippen LogP contribution in [0.4, 0.5) is 10.6 Å². The topological polar surface area (TPSA) is 121 Å². The molecule has 0 fully saturated rings. The van der Waals surface area contributed by atoms with Gasteiger partial charge in [0.15, 0.2) is 0 Å². The van der Waals surface area contributed by atoms with Crippen LogP contribution < -0.4 is 10.5 Å². The van der Waals surface area contributed by atoms with Gasteiger partial charge in [0.05, 0.1) is 29.9 Å². The number of pyridine rings is 1. The number of nitrogens with zero attached hydrogens (tertiary/aromatic N) is 4. The third-order valence-corrected chi connectivity index (χ3v) is 4.03. The molecule has 0 saturated heterocycles. The van der Waals surface area contributed by atoms with E-state index in [1.54, 1.807) is 35.3 Å². The maximum absolute atomic E-state index is 11.3. The highest BCUT2D eigenvalue weighted by Crippen LogP contribution is 2.30. The number of imidazole rings is 1. The molecule has 0 atom stereocenters. The van der Waals surface area contributed by atoms with E-state index in [1.165, 1.54) is 7.11 Å². The molecule has 27 heavy (non-hydrogen) atoms. The Morgan fingerprint density at radius 3 is 2.81 bits per heavy atom. The number of benzene rings is 1. The minimum atomic E-state index is -0.785. The molecule has 3 N–H and O–H groups in total. The van der Waals surface area contributed by atoms with Crippen molar-refractivity contribution in [2.75, 3.05) is 12.8 Å². The van der Waals surface area contributed by atoms with Crippen LogP contribution in [0.3, 0.4) is 0 Å². The lowest BCUT2D eigenvalue weighted by atomic mass is 10.1. The van der Waals surface area contributed by atoms with Gasteiger partial charge in [0.25, 0.3) is 0 Å². The van der Waals surface area contributed by atoms with Gasteiger partial charge < -0.3 is 20.2 Å². The second-order valence-electron chi connectivity index (χ2n) is 5.88. The van der Waals surface area contributed by atoms with Crippen molar-refractivity contribution in [3.63, 3.8) is 0 Å². The quantitative estimate of drug-likeness (QED) is 0.423. The number of hydrogen-bond donors (Lipinski definition) is 2. The molecule has 4 aromatic rings. The van der Waals surface area contributed by atoms with Crippen molar-refractivity contribution in [2.45, 2.75) is 0 Å². The molecule has 3 heterocycles. The Bertz CT molecular complexity index is 1150. The molecule has 0 aliphatic rings. The largest absolute Gasteiger partial charge is 0.513 e. The molecule has 0 amide bonds. The smallest absolute Gasteiger partial charge is 0.437 e. The molecule has 3 aromatic heterocycles. The number of rotatable bonds is 3. The number of aryl methyl sites for hydroxylation is 1. The molecule has 0 aliphatic carbocycles. The van der Waals surface area contributed by atoms with Crippen LogP contribution in [0, 0.1) is 0 Å². The molecule has 0 bridgehead atoms. The zero-order chi connectivity index (χ0) is 19.0. The van der Waals surface area contributed by atoms with Crippen molar-refractivity contribution in [1.29, 1.82) is 0 Å². The molecule has 0 spiro atoms. The summed E-state index contributed by atoms with van der Waals surface area (Å²) in [5.74, 6) is 1.27. The first-order valence-corrected chi connectivity index (χ1v) is 8.04.